The molecule has 0 spiro atoms. The predicted octanol–water partition coefficient (Wildman–Crippen LogP) is 6.17. The summed E-state index contributed by atoms with van der Waals surface area (Å²) in [5.41, 5.74) is 1.73. The number of hydrogen-bond donors (Lipinski definition) is 1. The minimum Gasteiger partial charge on any atom is -0.390 e. The molecule has 8 atom stereocenters. The van der Waals surface area contributed by atoms with Gasteiger partial charge in [-0.25, -0.2) is 0 Å². The number of fused-ring (bicyclic) bond motifs is 5. The van der Waals surface area contributed by atoms with Crippen LogP contribution in [-0.4, -0.2) is 10.7 Å². The van der Waals surface area contributed by atoms with Gasteiger partial charge < -0.3 is 5.11 Å². The largest absolute Gasteiger partial charge is 0.390 e. The fraction of sp³-hybridized carbons (Fsp3) is 0.760. The highest BCUT2D eigenvalue weighted by Crippen LogP contribution is 2.66. The molecule has 0 saturated heterocycles. The van der Waals surface area contributed by atoms with Crippen molar-refractivity contribution >= 4 is 0 Å². The van der Waals surface area contributed by atoms with E-state index < -0.39 is 0 Å². The van der Waals surface area contributed by atoms with Gasteiger partial charge in [-0.15, -0.1) is 0 Å². The van der Waals surface area contributed by atoms with Gasteiger partial charge in [0.05, 0.1) is 5.60 Å². The van der Waals surface area contributed by atoms with Gasteiger partial charge in [-0.2, -0.15) is 0 Å². The molecule has 5 rings (SSSR count). The van der Waals surface area contributed by atoms with Crippen molar-refractivity contribution < 1.29 is 5.11 Å². The van der Waals surface area contributed by atoms with Gasteiger partial charge in [0.15, 0.2) is 0 Å². The van der Waals surface area contributed by atoms with Crippen LogP contribution in [0.3, 0.4) is 0 Å². The van der Waals surface area contributed by atoms with Gasteiger partial charge in [-0.05, 0) is 111 Å². The lowest BCUT2D eigenvalue weighted by Crippen LogP contribution is -2.50. The summed E-state index contributed by atoms with van der Waals surface area (Å²) in [6, 6.07) is 11.4. The van der Waals surface area contributed by atoms with Crippen molar-refractivity contribution in [3.05, 3.63) is 35.9 Å². The van der Waals surface area contributed by atoms with E-state index in [-0.39, 0.29) is 5.60 Å². The Hall–Kier alpha value is -0.820. The van der Waals surface area contributed by atoms with Crippen LogP contribution in [0.15, 0.2) is 30.3 Å². The van der Waals surface area contributed by atoms with Gasteiger partial charge in [0.2, 0.25) is 0 Å². The zero-order valence-corrected chi connectivity index (χ0v) is 16.7. The Morgan fingerprint density at radius 1 is 0.808 bits per heavy atom. The third-order valence-electron chi connectivity index (χ3n) is 9.44. The predicted molar refractivity (Wildman–Crippen MR) is 107 cm³/mol. The van der Waals surface area contributed by atoms with Crippen LogP contribution in [-0.2, 0) is 0 Å². The maximum atomic E-state index is 10.6. The Morgan fingerprint density at radius 2 is 1.58 bits per heavy atom. The minimum atomic E-state index is -0.386. The molecule has 4 saturated carbocycles. The SMILES string of the molecule is C[C@@]1(O)CC[C@H]2[C@H](CC[C@@H]3[C@@H]2CC[C@]2(C)[C@@H](c4ccccc4)CC[C@@H]32)C1. The van der Waals surface area contributed by atoms with Crippen molar-refractivity contribution in [3.8, 4) is 0 Å². The second-order valence-electron chi connectivity index (χ2n) is 10.8. The minimum absolute atomic E-state index is 0.386. The van der Waals surface area contributed by atoms with E-state index in [0.29, 0.717) is 5.41 Å². The molecule has 0 unspecified atom stereocenters. The molecule has 26 heavy (non-hydrogen) atoms. The maximum absolute atomic E-state index is 10.6. The van der Waals surface area contributed by atoms with Gasteiger partial charge >= 0.3 is 0 Å². The number of aliphatic hydroxyl groups is 1. The molecule has 0 amide bonds. The van der Waals surface area contributed by atoms with E-state index in [4.69, 9.17) is 0 Å². The molecule has 0 heterocycles. The lowest BCUT2D eigenvalue weighted by Gasteiger charge is -2.57. The maximum Gasteiger partial charge on any atom is 0.0622 e. The smallest absolute Gasteiger partial charge is 0.0622 e. The molecule has 4 aliphatic rings. The van der Waals surface area contributed by atoms with Crippen molar-refractivity contribution in [1.82, 2.24) is 0 Å². The van der Waals surface area contributed by atoms with Crippen molar-refractivity contribution in [2.24, 2.45) is 35.0 Å². The van der Waals surface area contributed by atoms with Crippen molar-refractivity contribution in [1.29, 1.82) is 0 Å². The molecule has 4 fully saturated rings. The van der Waals surface area contributed by atoms with Gasteiger partial charge in [0.1, 0.15) is 0 Å². The average Bonchev–Trinajstić information content (AvgIpc) is 2.98. The van der Waals surface area contributed by atoms with Crippen LogP contribution in [0, 0.1) is 35.0 Å². The van der Waals surface area contributed by atoms with E-state index in [1.807, 2.05) is 0 Å². The molecule has 0 aliphatic heterocycles. The number of rotatable bonds is 1. The van der Waals surface area contributed by atoms with Crippen LogP contribution in [0.25, 0.3) is 0 Å². The van der Waals surface area contributed by atoms with E-state index >= 15 is 0 Å². The van der Waals surface area contributed by atoms with Crippen molar-refractivity contribution in [2.75, 3.05) is 0 Å². The van der Waals surface area contributed by atoms with E-state index in [1.165, 1.54) is 44.9 Å². The highest BCUT2D eigenvalue weighted by atomic mass is 16.3. The fourth-order valence-electron chi connectivity index (χ4n) is 8.31. The van der Waals surface area contributed by atoms with E-state index in [0.717, 1.165) is 48.3 Å². The molecule has 1 aromatic rings. The highest BCUT2D eigenvalue weighted by molar-refractivity contribution is 5.25. The summed E-state index contributed by atoms with van der Waals surface area (Å²) < 4.78 is 0. The molecule has 1 heteroatoms. The second-order valence-corrected chi connectivity index (χ2v) is 10.8. The summed E-state index contributed by atoms with van der Waals surface area (Å²) in [6.45, 7) is 4.71. The monoisotopic (exact) mass is 352 g/mol. The molecule has 1 aromatic carbocycles. The third-order valence-corrected chi connectivity index (χ3v) is 9.44. The Bertz CT molecular complexity index is 649. The topological polar surface area (TPSA) is 20.2 Å². The van der Waals surface area contributed by atoms with Gasteiger partial charge in [-0.3, -0.25) is 0 Å². The van der Waals surface area contributed by atoms with Crippen LogP contribution in [0.4, 0.5) is 0 Å². The standard InChI is InChI=1S/C25H36O/c1-24(26)14-12-19-18(16-24)8-9-21-20(19)13-15-25(2)22(10-11-23(21)25)17-6-4-3-5-7-17/h3-7,18-23,26H,8-16H2,1-2H3/t18-,19+,20-,21-,22-,23+,24-,25-/m1/s1. The van der Waals surface area contributed by atoms with Crippen LogP contribution >= 0.6 is 0 Å². The third kappa shape index (κ3) is 2.60. The summed E-state index contributed by atoms with van der Waals surface area (Å²) in [7, 11) is 0. The summed E-state index contributed by atoms with van der Waals surface area (Å²) in [5.74, 6) is 5.35. The Kier molecular flexibility index (Phi) is 4.05. The van der Waals surface area contributed by atoms with Crippen LogP contribution in [0.1, 0.15) is 83.1 Å². The summed E-state index contributed by atoms with van der Waals surface area (Å²) in [5, 5.41) is 10.6. The summed E-state index contributed by atoms with van der Waals surface area (Å²) in [6.07, 6.45) is 11.9. The van der Waals surface area contributed by atoms with Crippen molar-refractivity contribution in [3.63, 3.8) is 0 Å². The lowest BCUT2D eigenvalue weighted by molar-refractivity contribution is -0.0958. The lowest BCUT2D eigenvalue weighted by atomic mass is 9.49. The van der Waals surface area contributed by atoms with E-state index in [2.05, 4.69) is 44.2 Å². The highest BCUT2D eigenvalue weighted by Gasteiger charge is 2.57. The zero-order valence-electron chi connectivity index (χ0n) is 16.7. The Morgan fingerprint density at radius 3 is 2.38 bits per heavy atom. The molecule has 0 bridgehead atoms. The van der Waals surface area contributed by atoms with Gasteiger partial charge in [0, 0.05) is 0 Å². The number of benzene rings is 1. The Balaban J connectivity index is 1.39. The summed E-state index contributed by atoms with van der Waals surface area (Å²) in [4.78, 5) is 0. The molecule has 142 valence electrons. The van der Waals surface area contributed by atoms with Gasteiger partial charge in [-0.1, -0.05) is 37.3 Å². The van der Waals surface area contributed by atoms with E-state index in [9.17, 15) is 5.11 Å². The zero-order chi connectivity index (χ0) is 17.9. The van der Waals surface area contributed by atoms with Gasteiger partial charge in [0.25, 0.3) is 0 Å². The molecule has 4 aliphatic carbocycles. The second kappa shape index (κ2) is 6.09. The average molecular weight is 353 g/mol. The van der Waals surface area contributed by atoms with E-state index in [1.54, 1.807) is 5.56 Å². The quantitative estimate of drug-likeness (QED) is 0.640. The number of hydrogen-bond acceptors (Lipinski definition) is 1. The molecule has 0 aromatic heterocycles. The first kappa shape index (κ1) is 17.3. The van der Waals surface area contributed by atoms with Crippen LogP contribution < -0.4 is 0 Å². The van der Waals surface area contributed by atoms with Crippen molar-refractivity contribution in [2.45, 2.75) is 83.2 Å². The molecule has 1 nitrogen and oxygen atoms in total. The Labute approximate surface area is 159 Å². The molecule has 1 N–H and O–H groups in total. The summed E-state index contributed by atoms with van der Waals surface area (Å²) >= 11 is 0. The molecular formula is C25H36O. The first-order chi connectivity index (χ1) is 12.5. The fourth-order valence-corrected chi connectivity index (χ4v) is 8.31. The first-order valence-electron chi connectivity index (χ1n) is 11.3. The first-order valence-corrected chi connectivity index (χ1v) is 11.3. The molecule has 0 radical (unpaired) electrons. The van der Waals surface area contributed by atoms with Crippen LogP contribution in [0.5, 0.6) is 0 Å². The molecular weight excluding hydrogens is 316 g/mol. The van der Waals surface area contributed by atoms with Crippen LogP contribution in [0.2, 0.25) is 0 Å². The normalized spacial score (nSPS) is 50.6.